The molecule has 2 heterocycles. The minimum absolute atomic E-state index is 0.118. The summed E-state index contributed by atoms with van der Waals surface area (Å²) >= 11 is 3.24. The van der Waals surface area contributed by atoms with Gasteiger partial charge in [-0.15, -0.1) is 0 Å². The topological polar surface area (TPSA) is 102 Å². The zero-order valence-corrected chi connectivity index (χ0v) is 25.3. The van der Waals surface area contributed by atoms with E-state index in [-0.39, 0.29) is 23.0 Å². The monoisotopic (exact) mass is 649 g/mol. The molecule has 2 aliphatic rings. The van der Waals surface area contributed by atoms with Gasteiger partial charge in [0.2, 0.25) is 15.9 Å². The molecule has 3 atom stereocenters. The number of alkyl halides is 2. The number of rotatable bonds is 9. The summed E-state index contributed by atoms with van der Waals surface area (Å²) in [6, 6.07) is 11.8. The number of nitrogens with zero attached hydrogens (tertiary/aromatic N) is 1. The van der Waals surface area contributed by atoms with Gasteiger partial charge in [-0.1, -0.05) is 54.0 Å². The number of amides is 1. The standard InChI is InChI=1S/C30H34BrF2N3O4S/c1-18(2)17-40-26-11-3-20-14-27(12-4-19(20)13-26)41(38,39)35-28(30(32,33)21-5-7-22(31)8-6-21)29(37)36-24-9-10-25(36)16-23(34)15-24/h3-8,11-14,18,23-25,28,35H,9-10,15-17,34H2,1-2H3/t23?,24?,25?,28-/m1/s1. The molecule has 3 N–H and O–H groups in total. The van der Waals surface area contributed by atoms with Gasteiger partial charge >= 0.3 is 0 Å². The molecule has 3 aromatic rings. The molecule has 1 amide bonds. The van der Waals surface area contributed by atoms with Crippen LogP contribution in [0.4, 0.5) is 8.78 Å². The lowest BCUT2D eigenvalue weighted by Crippen LogP contribution is -2.60. The first-order valence-electron chi connectivity index (χ1n) is 13.8. The molecule has 2 aliphatic heterocycles. The van der Waals surface area contributed by atoms with Crippen molar-refractivity contribution < 1.29 is 26.7 Å². The summed E-state index contributed by atoms with van der Waals surface area (Å²) in [6.07, 6.45) is 2.31. The highest BCUT2D eigenvalue weighted by molar-refractivity contribution is 9.10. The van der Waals surface area contributed by atoms with Crippen molar-refractivity contribution in [2.45, 2.75) is 74.5 Å². The minimum atomic E-state index is -4.53. The first-order valence-corrected chi connectivity index (χ1v) is 16.0. The van der Waals surface area contributed by atoms with Gasteiger partial charge in [-0.3, -0.25) is 4.79 Å². The number of nitrogens with two attached hydrogens (primary N) is 1. The fourth-order valence-corrected chi connectivity index (χ4v) is 7.28. The van der Waals surface area contributed by atoms with E-state index in [1.165, 1.54) is 41.3 Å². The molecular weight excluding hydrogens is 616 g/mol. The van der Waals surface area contributed by atoms with Crippen LogP contribution in [0.1, 0.15) is 45.1 Å². The van der Waals surface area contributed by atoms with Crippen LogP contribution in [0.25, 0.3) is 10.8 Å². The Morgan fingerprint density at radius 1 is 1.05 bits per heavy atom. The van der Waals surface area contributed by atoms with Gasteiger partial charge in [-0.05, 0) is 78.8 Å². The molecule has 7 nitrogen and oxygen atoms in total. The zero-order chi connectivity index (χ0) is 29.5. The third kappa shape index (κ3) is 6.28. The van der Waals surface area contributed by atoms with Crippen LogP contribution >= 0.6 is 15.9 Å². The molecule has 0 radical (unpaired) electrons. The van der Waals surface area contributed by atoms with E-state index in [2.05, 4.69) is 20.7 Å². The average molecular weight is 651 g/mol. The lowest BCUT2D eigenvalue weighted by molar-refractivity contribution is -0.149. The van der Waals surface area contributed by atoms with Gasteiger partial charge in [-0.2, -0.15) is 13.5 Å². The molecule has 0 aromatic heterocycles. The predicted octanol–water partition coefficient (Wildman–Crippen LogP) is 5.56. The summed E-state index contributed by atoms with van der Waals surface area (Å²) in [5, 5.41) is 1.33. The summed E-state index contributed by atoms with van der Waals surface area (Å²) in [6.45, 7) is 4.61. The fourth-order valence-electron chi connectivity index (χ4n) is 5.79. The molecule has 2 unspecified atom stereocenters. The van der Waals surface area contributed by atoms with Crippen molar-refractivity contribution in [2.24, 2.45) is 11.7 Å². The predicted molar refractivity (Wildman–Crippen MR) is 157 cm³/mol. The van der Waals surface area contributed by atoms with Gasteiger partial charge in [0.15, 0.2) is 6.04 Å². The smallest absolute Gasteiger partial charge is 0.298 e. The Balaban J connectivity index is 1.48. The third-order valence-corrected chi connectivity index (χ3v) is 9.76. The molecule has 2 saturated heterocycles. The van der Waals surface area contributed by atoms with E-state index < -0.39 is 33.5 Å². The second-order valence-corrected chi connectivity index (χ2v) is 14.1. The number of nitrogens with one attached hydrogen (secondary N) is 1. The number of ether oxygens (including phenoxy) is 1. The van der Waals surface area contributed by atoms with Crippen LogP contribution in [-0.4, -0.2) is 50.0 Å². The molecular formula is C30H34BrF2N3O4S. The van der Waals surface area contributed by atoms with Crippen molar-refractivity contribution in [3.8, 4) is 5.75 Å². The van der Waals surface area contributed by atoms with Crippen LogP contribution in [0.3, 0.4) is 0 Å². The second-order valence-electron chi connectivity index (χ2n) is 11.4. The molecule has 41 heavy (non-hydrogen) atoms. The maximum absolute atomic E-state index is 16.2. The molecule has 11 heteroatoms. The summed E-state index contributed by atoms with van der Waals surface area (Å²) in [4.78, 5) is 15.1. The van der Waals surface area contributed by atoms with E-state index in [9.17, 15) is 13.2 Å². The number of piperidine rings is 1. The molecule has 0 aliphatic carbocycles. The zero-order valence-electron chi connectivity index (χ0n) is 22.9. The maximum Gasteiger partial charge on any atom is 0.298 e. The van der Waals surface area contributed by atoms with Crippen LogP contribution in [0.15, 0.2) is 70.0 Å². The Hall–Kier alpha value is -2.60. The van der Waals surface area contributed by atoms with Crippen molar-refractivity contribution in [2.75, 3.05) is 6.61 Å². The van der Waals surface area contributed by atoms with E-state index in [1.807, 2.05) is 13.8 Å². The van der Waals surface area contributed by atoms with E-state index in [0.29, 0.717) is 53.8 Å². The Labute approximate surface area is 247 Å². The SMILES string of the molecule is CC(C)COc1ccc2cc(S(=O)(=O)N[C@H](C(=O)N3C4CCC3CC(N)C4)C(F)(F)c3ccc(Br)cc3)ccc2c1. The summed E-state index contributed by atoms with van der Waals surface area (Å²) in [5.74, 6) is -3.78. The minimum Gasteiger partial charge on any atom is -0.493 e. The van der Waals surface area contributed by atoms with Crippen molar-refractivity contribution in [1.29, 1.82) is 0 Å². The molecule has 220 valence electrons. The number of sulfonamides is 1. The average Bonchev–Trinajstić information content (AvgIpc) is 3.20. The van der Waals surface area contributed by atoms with Gasteiger partial charge in [-0.25, -0.2) is 8.42 Å². The van der Waals surface area contributed by atoms with Crippen molar-refractivity contribution in [3.05, 3.63) is 70.7 Å². The molecule has 0 saturated carbocycles. The number of benzene rings is 3. The molecule has 2 fully saturated rings. The van der Waals surface area contributed by atoms with Gasteiger partial charge < -0.3 is 15.4 Å². The van der Waals surface area contributed by atoms with E-state index >= 15 is 8.78 Å². The molecule has 2 bridgehead atoms. The Morgan fingerprint density at radius 2 is 1.66 bits per heavy atom. The quantitative estimate of drug-likeness (QED) is 0.316. The van der Waals surface area contributed by atoms with Crippen LogP contribution in [0, 0.1) is 5.92 Å². The summed E-state index contributed by atoms with van der Waals surface area (Å²) in [5.41, 5.74) is 5.67. The lowest BCUT2D eigenvalue weighted by Gasteiger charge is -2.41. The first-order chi connectivity index (χ1) is 19.3. The van der Waals surface area contributed by atoms with E-state index in [0.717, 1.165) is 5.39 Å². The fraction of sp³-hybridized carbons (Fsp3) is 0.433. The Bertz CT molecular complexity index is 1520. The lowest BCUT2D eigenvalue weighted by atomic mass is 9.95. The third-order valence-electron chi connectivity index (χ3n) is 7.81. The number of carbonyl (C=O) groups is 1. The van der Waals surface area contributed by atoms with E-state index in [4.69, 9.17) is 10.5 Å². The number of halogens is 3. The molecule has 0 spiro atoms. The van der Waals surface area contributed by atoms with Crippen molar-refractivity contribution in [1.82, 2.24) is 9.62 Å². The number of hydrogen-bond donors (Lipinski definition) is 2. The number of carbonyl (C=O) groups excluding carboxylic acids is 1. The van der Waals surface area contributed by atoms with Crippen LogP contribution in [0.5, 0.6) is 5.75 Å². The maximum atomic E-state index is 16.2. The summed E-state index contributed by atoms with van der Waals surface area (Å²) < 4.78 is 68.0. The van der Waals surface area contributed by atoms with Gasteiger partial charge in [0.1, 0.15) is 5.75 Å². The highest BCUT2D eigenvalue weighted by atomic mass is 79.9. The highest BCUT2D eigenvalue weighted by Gasteiger charge is 2.53. The van der Waals surface area contributed by atoms with Gasteiger partial charge in [0, 0.05) is 28.2 Å². The number of hydrogen-bond acceptors (Lipinski definition) is 5. The first kappa shape index (κ1) is 29.9. The van der Waals surface area contributed by atoms with Gasteiger partial charge in [0.25, 0.3) is 5.92 Å². The normalized spacial score (nSPS) is 21.8. The number of fused-ring (bicyclic) bond motifs is 3. The van der Waals surface area contributed by atoms with E-state index in [1.54, 1.807) is 24.3 Å². The van der Waals surface area contributed by atoms with Crippen molar-refractivity contribution >= 4 is 42.6 Å². The largest absolute Gasteiger partial charge is 0.493 e. The van der Waals surface area contributed by atoms with Crippen molar-refractivity contribution in [3.63, 3.8) is 0 Å². The Morgan fingerprint density at radius 3 is 2.29 bits per heavy atom. The van der Waals surface area contributed by atoms with Crippen LogP contribution in [0.2, 0.25) is 0 Å². The van der Waals surface area contributed by atoms with Crippen LogP contribution in [-0.2, 0) is 20.7 Å². The second kappa shape index (κ2) is 11.6. The van der Waals surface area contributed by atoms with Crippen LogP contribution < -0.4 is 15.2 Å². The van der Waals surface area contributed by atoms with Gasteiger partial charge in [0.05, 0.1) is 11.5 Å². The highest BCUT2D eigenvalue weighted by Crippen LogP contribution is 2.40. The molecule has 5 rings (SSSR count). The molecule has 3 aromatic carbocycles. The Kier molecular flexibility index (Phi) is 8.44. The summed E-state index contributed by atoms with van der Waals surface area (Å²) in [7, 11) is -4.53.